The Morgan fingerprint density at radius 3 is 3.00 bits per heavy atom. The fraction of sp³-hybridized carbons (Fsp3) is 0.235. The molecule has 126 valence electrons. The third-order valence-electron chi connectivity index (χ3n) is 3.71. The number of carbonyl (C=O) groups is 1. The fourth-order valence-electron chi connectivity index (χ4n) is 2.60. The Balaban J connectivity index is 1.74. The second-order valence-corrected chi connectivity index (χ2v) is 5.83. The lowest BCUT2D eigenvalue weighted by molar-refractivity contribution is -0.115. The predicted molar refractivity (Wildman–Crippen MR) is 95.2 cm³/mol. The van der Waals surface area contributed by atoms with Crippen molar-refractivity contribution in [1.29, 1.82) is 0 Å². The summed E-state index contributed by atoms with van der Waals surface area (Å²) in [5.74, 6) is 1.08. The number of hydrogen-bond acceptors (Lipinski definition) is 5. The lowest BCUT2D eigenvalue weighted by Crippen LogP contribution is -2.38. The largest absolute Gasteiger partial charge is 0.495 e. The number of anilines is 3. The molecule has 3 rings (SSSR count). The van der Waals surface area contributed by atoms with E-state index in [9.17, 15) is 4.79 Å². The van der Waals surface area contributed by atoms with E-state index in [-0.39, 0.29) is 12.5 Å². The normalized spacial score (nSPS) is 13.0. The van der Waals surface area contributed by atoms with Crippen molar-refractivity contribution in [2.75, 3.05) is 42.8 Å². The van der Waals surface area contributed by atoms with Gasteiger partial charge in [0.2, 0.25) is 5.91 Å². The highest BCUT2D eigenvalue weighted by molar-refractivity contribution is 6.31. The number of carbonyl (C=O) groups excluding carboxylic acids is 1. The highest BCUT2D eigenvalue weighted by atomic mass is 35.5. The van der Waals surface area contributed by atoms with Crippen molar-refractivity contribution in [2.24, 2.45) is 0 Å². The first kappa shape index (κ1) is 16.3. The van der Waals surface area contributed by atoms with E-state index < -0.39 is 0 Å². The maximum atomic E-state index is 12.4. The number of amides is 1. The first-order chi connectivity index (χ1) is 11.6. The van der Waals surface area contributed by atoms with Gasteiger partial charge in [0.15, 0.2) is 0 Å². The molecule has 0 unspecified atom stereocenters. The van der Waals surface area contributed by atoms with Crippen LogP contribution in [-0.2, 0) is 4.79 Å². The van der Waals surface area contributed by atoms with Gasteiger partial charge in [0.05, 0.1) is 31.6 Å². The van der Waals surface area contributed by atoms with Crippen molar-refractivity contribution in [1.82, 2.24) is 0 Å². The van der Waals surface area contributed by atoms with Crippen molar-refractivity contribution < 1.29 is 14.3 Å². The molecule has 0 bridgehead atoms. The number of methoxy groups -OCH3 is 1. The number of nitrogen functional groups attached to an aromatic ring is 1. The molecule has 1 aliphatic rings. The molecule has 0 aliphatic carbocycles. The molecular formula is C17H18ClN3O3. The molecular weight excluding hydrogens is 330 g/mol. The van der Waals surface area contributed by atoms with Crippen molar-refractivity contribution in [2.45, 2.75) is 0 Å². The van der Waals surface area contributed by atoms with E-state index in [2.05, 4.69) is 5.32 Å². The van der Waals surface area contributed by atoms with Crippen molar-refractivity contribution in [3.8, 4) is 11.5 Å². The molecule has 2 aromatic rings. The van der Waals surface area contributed by atoms with E-state index in [1.165, 1.54) is 0 Å². The van der Waals surface area contributed by atoms with Gasteiger partial charge in [-0.05, 0) is 30.3 Å². The molecule has 0 aromatic heterocycles. The molecule has 24 heavy (non-hydrogen) atoms. The summed E-state index contributed by atoms with van der Waals surface area (Å²) < 4.78 is 10.8. The molecule has 0 spiro atoms. The van der Waals surface area contributed by atoms with E-state index in [1.54, 1.807) is 37.4 Å². The van der Waals surface area contributed by atoms with Crippen LogP contribution in [0, 0.1) is 0 Å². The van der Waals surface area contributed by atoms with Gasteiger partial charge in [0, 0.05) is 16.8 Å². The van der Waals surface area contributed by atoms with Gasteiger partial charge >= 0.3 is 0 Å². The third-order valence-corrected chi connectivity index (χ3v) is 3.95. The van der Waals surface area contributed by atoms with Crippen LogP contribution in [-0.4, -0.2) is 32.7 Å². The Kier molecular flexibility index (Phi) is 4.66. The number of halogens is 1. The Morgan fingerprint density at radius 1 is 1.38 bits per heavy atom. The van der Waals surface area contributed by atoms with Crippen LogP contribution in [0.2, 0.25) is 5.02 Å². The van der Waals surface area contributed by atoms with E-state index in [1.807, 2.05) is 11.0 Å². The van der Waals surface area contributed by atoms with Crippen LogP contribution in [0.4, 0.5) is 17.1 Å². The van der Waals surface area contributed by atoms with Gasteiger partial charge in [-0.2, -0.15) is 0 Å². The summed E-state index contributed by atoms with van der Waals surface area (Å²) in [5, 5.41) is 3.36. The molecule has 0 saturated heterocycles. The lowest BCUT2D eigenvalue weighted by atomic mass is 10.2. The average molecular weight is 348 g/mol. The summed E-state index contributed by atoms with van der Waals surface area (Å²) in [6, 6.07) is 10.5. The van der Waals surface area contributed by atoms with E-state index in [4.69, 9.17) is 26.8 Å². The van der Waals surface area contributed by atoms with E-state index >= 15 is 0 Å². The molecule has 1 amide bonds. The summed E-state index contributed by atoms with van der Waals surface area (Å²) in [5.41, 5.74) is 7.79. The molecule has 0 saturated carbocycles. The zero-order valence-corrected chi connectivity index (χ0v) is 14.0. The topological polar surface area (TPSA) is 76.8 Å². The molecule has 0 atom stereocenters. The first-order valence-electron chi connectivity index (χ1n) is 7.47. The first-order valence-corrected chi connectivity index (χ1v) is 7.85. The van der Waals surface area contributed by atoms with Gasteiger partial charge in [0.25, 0.3) is 0 Å². The van der Waals surface area contributed by atoms with Crippen LogP contribution in [0.1, 0.15) is 0 Å². The maximum absolute atomic E-state index is 12.4. The molecule has 7 heteroatoms. The number of benzene rings is 2. The van der Waals surface area contributed by atoms with Crippen molar-refractivity contribution >= 4 is 34.6 Å². The maximum Gasteiger partial charge on any atom is 0.243 e. The summed E-state index contributed by atoms with van der Waals surface area (Å²) in [6.07, 6.45) is 0. The summed E-state index contributed by atoms with van der Waals surface area (Å²) in [4.78, 5) is 14.4. The Hall–Kier alpha value is -2.60. The highest BCUT2D eigenvalue weighted by Gasteiger charge is 2.21. The number of nitrogens with one attached hydrogen (secondary N) is 1. The Labute approximate surface area is 145 Å². The van der Waals surface area contributed by atoms with Gasteiger partial charge in [0.1, 0.15) is 18.1 Å². The minimum absolute atomic E-state index is 0.166. The van der Waals surface area contributed by atoms with Crippen LogP contribution in [0.3, 0.4) is 0 Å². The molecule has 2 aromatic carbocycles. The third kappa shape index (κ3) is 3.49. The molecule has 1 aliphatic heterocycles. The molecule has 0 radical (unpaired) electrons. The van der Waals surface area contributed by atoms with Crippen LogP contribution in [0.25, 0.3) is 0 Å². The summed E-state index contributed by atoms with van der Waals surface area (Å²) in [6.45, 7) is 1.32. The Bertz CT molecular complexity index is 767. The summed E-state index contributed by atoms with van der Waals surface area (Å²) in [7, 11) is 1.54. The zero-order chi connectivity index (χ0) is 17.1. The number of fused-ring (bicyclic) bond motifs is 1. The van der Waals surface area contributed by atoms with E-state index in [0.29, 0.717) is 41.0 Å². The van der Waals surface area contributed by atoms with Crippen LogP contribution >= 0.6 is 11.6 Å². The zero-order valence-electron chi connectivity index (χ0n) is 13.2. The highest BCUT2D eigenvalue weighted by Crippen LogP contribution is 2.33. The predicted octanol–water partition coefficient (Wildman–Crippen LogP) is 2.77. The second-order valence-electron chi connectivity index (χ2n) is 5.39. The summed E-state index contributed by atoms with van der Waals surface area (Å²) >= 11 is 5.99. The van der Waals surface area contributed by atoms with Gasteiger partial charge < -0.3 is 25.4 Å². The van der Waals surface area contributed by atoms with Gasteiger partial charge in [-0.1, -0.05) is 11.6 Å². The average Bonchev–Trinajstić information content (AvgIpc) is 2.55. The standard InChI is InChI=1S/C17H18ClN3O3/c1-23-15-5-2-11(18)8-13(15)20-17(22)10-21-6-7-24-16-9-12(19)3-4-14(16)21/h2-5,8-9H,6-7,10,19H2,1H3,(H,20,22). The van der Waals surface area contributed by atoms with E-state index in [0.717, 1.165) is 5.69 Å². The quantitative estimate of drug-likeness (QED) is 0.832. The van der Waals surface area contributed by atoms with Gasteiger partial charge in [-0.15, -0.1) is 0 Å². The smallest absolute Gasteiger partial charge is 0.243 e. The molecule has 6 nitrogen and oxygen atoms in total. The van der Waals surface area contributed by atoms with Crippen LogP contribution in [0.5, 0.6) is 11.5 Å². The SMILES string of the molecule is COc1ccc(Cl)cc1NC(=O)CN1CCOc2cc(N)ccc21. The van der Waals surface area contributed by atoms with Crippen molar-refractivity contribution in [3.05, 3.63) is 41.4 Å². The van der Waals surface area contributed by atoms with Crippen LogP contribution in [0.15, 0.2) is 36.4 Å². The minimum atomic E-state index is -0.166. The number of rotatable bonds is 4. The molecule has 3 N–H and O–H groups in total. The fourth-order valence-corrected chi connectivity index (χ4v) is 2.77. The number of nitrogens with two attached hydrogens (primary N) is 1. The monoisotopic (exact) mass is 347 g/mol. The van der Waals surface area contributed by atoms with Gasteiger partial charge in [-0.25, -0.2) is 0 Å². The number of ether oxygens (including phenoxy) is 2. The number of hydrogen-bond donors (Lipinski definition) is 2. The second kappa shape index (κ2) is 6.88. The van der Waals surface area contributed by atoms with Crippen LogP contribution < -0.4 is 25.4 Å². The molecule has 0 fully saturated rings. The van der Waals surface area contributed by atoms with Crippen molar-refractivity contribution in [3.63, 3.8) is 0 Å². The van der Waals surface area contributed by atoms with Gasteiger partial charge in [-0.3, -0.25) is 4.79 Å². The minimum Gasteiger partial charge on any atom is -0.495 e. The Morgan fingerprint density at radius 2 is 2.21 bits per heavy atom. The lowest BCUT2D eigenvalue weighted by Gasteiger charge is -2.30. The molecule has 1 heterocycles. The number of nitrogens with zero attached hydrogens (tertiary/aromatic N) is 1.